The summed E-state index contributed by atoms with van der Waals surface area (Å²) in [5.74, 6) is -1.22. The van der Waals surface area contributed by atoms with E-state index in [1.807, 2.05) is 6.92 Å². The fraction of sp³-hybridized carbons (Fsp3) is 0.529. The number of carboxylic acid groups (broad SMARTS) is 1. The minimum Gasteiger partial charge on any atom is -0.494 e. The SMILES string of the molecule is CCS(=O)(=O)Nc1ccc(NC(=O)N2CC(C)CC(C(=O)O)C2)cc1OC. The number of hydrogen-bond acceptors (Lipinski definition) is 5. The van der Waals surface area contributed by atoms with Gasteiger partial charge in [0.15, 0.2) is 0 Å². The van der Waals surface area contributed by atoms with Crippen LogP contribution in [-0.2, 0) is 14.8 Å². The van der Waals surface area contributed by atoms with Crippen LogP contribution in [0.25, 0.3) is 0 Å². The normalized spacial score (nSPS) is 20.0. The molecule has 0 aliphatic carbocycles. The highest BCUT2D eigenvalue weighted by atomic mass is 32.2. The topological polar surface area (TPSA) is 125 Å². The Morgan fingerprint density at radius 1 is 1.33 bits per heavy atom. The number of benzene rings is 1. The third kappa shape index (κ3) is 5.49. The number of ether oxygens (including phenoxy) is 1. The first-order valence-electron chi connectivity index (χ1n) is 8.62. The van der Waals surface area contributed by atoms with Crippen LogP contribution in [0.3, 0.4) is 0 Å². The highest BCUT2D eigenvalue weighted by Crippen LogP contribution is 2.29. The Balaban J connectivity index is 2.12. The molecule has 2 atom stereocenters. The Morgan fingerprint density at radius 2 is 2.04 bits per heavy atom. The molecule has 2 amide bonds. The predicted molar refractivity (Wildman–Crippen MR) is 102 cm³/mol. The second kappa shape index (κ2) is 8.47. The van der Waals surface area contributed by atoms with Crippen molar-refractivity contribution in [3.8, 4) is 5.75 Å². The molecule has 1 aliphatic heterocycles. The number of nitrogens with one attached hydrogen (secondary N) is 2. The number of methoxy groups -OCH3 is 1. The van der Waals surface area contributed by atoms with Crippen molar-refractivity contribution in [2.75, 3.05) is 36.0 Å². The number of carbonyl (C=O) groups excluding carboxylic acids is 1. The summed E-state index contributed by atoms with van der Waals surface area (Å²) in [6.45, 7) is 4.05. The molecule has 1 saturated heterocycles. The van der Waals surface area contributed by atoms with Gasteiger partial charge in [-0.05, 0) is 31.4 Å². The largest absolute Gasteiger partial charge is 0.494 e. The second-order valence-corrected chi connectivity index (χ2v) is 8.64. The highest BCUT2D eigenvalue weighted by molar-refractivity contribution is 7.92. The van der Waals surface area contributed by atoms with Crippen LogP contribution in [0.1, 0.15) is 20.3 Å². The average molecular weight is 399 g/mol. The number of amides is 2. The molecule has 1 fully saturated rings. The van der Waals surface area contributed by atoms with Crippen molar-refractivity contribution in [1.82, 2.24) is 4.90 Å². The Labute approximate surface area is 158 Å². The summed E-state index contributed by atoms with van der Waals surface area (Å²) < 4.78 is 31.1. The van der Waals surface area contributed by atoms with Crippen LogP contribution in [-0.4, -0.2) is 56.4 Å². The van der Waals surface area contributed by atoms with E-state index >= 15 is 0 Å². The predicted octanol–water partition coefficient (Wildman–Crippen LogP) is 2.03. The van der Waals surface area contributed by atoms with Gasteiger partial charge in [-0.15, -0.1) is 0 Å². The Hall–Kier alpha value is -2.49. The molecule has 0 saturated carbocycles. The van der Waals surface area contributed by atoms with Gasteiger partial charge < -0.3 is 20.1 Å². The highest BCUT2D eigenvalue weighted by Gasteiger charge is 2.32. The van der Waals surface area contributed by atoms with Gasteiger partial charge in [-0.1, -0.05) is 6.92 Å². The molecule has 0 radical (unpaired) electrons. The zero-order valence-electron chi connectivity index (χ0n) is 15.6. The Bertz CT molecular complexity index is 811. The maximum absolute atomic E-state index is 12.5. The number of sulfonamides is 1. The van der Waals surface area contributed by atoms with Crippen molar-refractivity contribution < 1.29 is 27.9 Å². The van der Waals surface area contributed by atoms with E-state index < -0.39 is 27.9 Å². The van der Waals surface area contributed by atoms with Crippen molar-refractivity contribution in [2.24, 2.45) is 11.8 Å². The number of carboxylic acids is 1. The van der Waals surface area contributed by atoms with Gasteiger partial charge in [0.1, 0.15) is 5.75 Å². The number of rotatable bonds is 6. The third-order valence-corrected chi connectivity index (χ3v) is 5.69. The first-order chi connectivity index (χ1) is 12.6. The quantitative estimate of drug-likeness (QED) is 0.672. The lowest BCUT2D eigenvalue weighted by Crippen LogP contribution is -2.47. The molecule has 1 aromatic carbocycles. The van der Waals surface area contributed by atoms with E-state index in [1.165, 1.54) is 31.1 Å². The lowest BCUT2D eigenvalue weighted by atomic mass is 9.91. The molecule has 1 aliphatic rings. The number of piperidine rings is 1. The van der Waals surface area contributed by atoms with E-state index in [4.69, 9.17) is 4.74 Å². The van der Waals surface area contributed by atoms with Gasteiger partial charge in [0.25, 0.3) is 0 Å². The second-order valence-electron chi connectivity index (χ2n) is 6.63. The van der Waals surface area contributed by atoms with Crippen molar-refractivity contribution in [2.45, 2.75) is 20.3 Å². The summed E-state index contributed by atoms with van der Waals surface area (Å²) in [5.41, 5.74) is 0.691. The van der Waals surface area contributed by atoms with Crippen LogP contribution in [0.4, 0.5) is 16.2 Å². The number of likely N-dealkylation sites (tertiary alicyclic amines) is 1. The van der Waals surface area contributed by atoms with Gasteiger partial charge >= 0.3 is 12.0 Å². The lowest BCUT2D eigenvalue weighted by molar-refractivity contribution is -0.143. The first kappa shape index (κ1) is 20.8. The lowest BCUT2D eigenvalue weighted by Gasteiger charge is -2.34. The minimum atomic E-state index is -3.46. The molecular formula is C17H25N3O6S. The van der Waals surface area contributed by atoms with Crippen LogP contribution >= 0.6 is 0 Å². The number of aliphatic carboxylic acids is 1. The van der Waals surface area contributed by atoms with Crippen LogP contribution in [0, 0.1) is 11.8 Å². The minimum absolute atomic E-state index is 0.0769. The number of carbonyl (C=O) groups is 2. The van der Waals surface area contributed by atoms with Crippen LogP contribution in [0.15, 0.2) is 18.2 Å². The van der Waals surface area contributed by atoms with Crippen LogP contribution in [0.2, 0.25) is 0 Å². The van der Waals surface area contributed by atoms with Gasteiger partial charge in [-0.3, -0.25) is 9.52 Å². The van der Waals surface area contributed by atoms with E-state index in [9.17, 15) is 23.1 Å². The maximum atomic E-state index is 12.5. The summed E-state index contributed by atoms with van der Waals surface area (Å²) in [6, 6.07) is 4.15. The monoisotopic (exact) mass is 399 g/mol. The standard InChI is InChI=1S/C17H25N3O6S/c1-4-27(24,25)19-14-6-5-13(8-15(14)26-3)18-17(23)20-9-11(2)7-12(10-20)16(21)22/h5-6,8,11-12,19H,4,7,9-10H2,1-3H3,(H,18,23)(H,21,22). The molecule has 1 aromatic rings. The fourth-order valence-electron chi connectivity index (χ4n) is 2.99. The summed E-state index contributed by atoms with van der Waals surface area (Å²) in [7, 11) is -2.06. The van der Waals surface area contributed by atoms with Gasteiger partial charge in [0.05, 0.1) is 24.5 Å². The van der Waals surface area contributed by atoms with E-state index in [1.54, 1.807) is 6.07 Å². The zero-order chi connectivity index (χ0) is 20.2. The molecule has 27 heavy (non-hydrogen) atoms. The van der Waals surface area contributed by atoms with Crippen molar-refractivity contribution in [1.29, 1.82) is 0 Å². The number of hydrogen-bond donors (Lipinski definition) is 3. The van der Waals surface area contributed by atoms with Gasteiger partial charge in [-0.25, -0.2) is 13.2 Å². The molecule has 10 heteroatoms. The molecule has 2 rings (SSSR count). The van der Waals surface area contributed by atoms with Gasteiger partial charge in [0, 0.05) is 24.8 Å². The smallest absolute Gasteiger partial charge is 0.321 e. The molecule has 2 unspecified atom stereocenters. The van der Waals surface area contributed by atoms with Crippen molar-refractivity contribution >= 4 is 33.4 Å². The summed E-state index contributed by atoms with van der Waals surface area (Å²) >= 11 is 0. The van der Waals surface area contributed by atoms with Crippen LogP contribution in [0.5, 0.6) is 5.75 Å². The molecule has 0 bridgehead atoms. The molecule has 150 valence electrons. The van der Waals surface area contributed by atoms with Crippen molar-refractivity contribution in [3.63, 3.8) is 0 Å². The molecule has 3 N–H and O–H groups in total. The number of urea groups is 1. The van der Waals surface area contributed by atoms with Gasteiger partial charge in [0.2, 0.25) is 10.0 Å². The van der Waals surface area contributed by atoms with Crippen molar-refractivity contribution in [3.05, 3.63) is 18.2 Å². The molecule has 0 spiro atoms. The van der Waals surface area contributed by atoms with E-state index in [2.05, 4.69) is 10.0 Å². The maximum Gasteiger partial charge on any atom is 0.321 e. The molecule has 0 aromatic heterocycles. The molecule has 9 nitrogen and oxygen atoms in total. The average Bonchev–Trinajstić information content (AvgIpc) is 2.62. The molecular weight excluding hydrogens is 374 g/mol. The van der Waals surface area contributed by atoms with E-state index in [0.717, 1.165) is 0 Å². The zero-order valence-corrected chi connectivity index (χ0v) is 16.4. The fourth-order valence-corrected chi connectivity index (χ4v) is 3.64. The third-order valence-electron chi connectivity index (χ3n) is 4.39. The van der Waals surface area contributed by atoms with Crippen LogP contribution < -0.4 is 14.8 Å². The van der Waals surface area contributed by atoms with Gasteiger partial charge in [-0.2, -0.15) is 0 Å². The summed E-state index contributed by atoms with van der Waals surface area (Å²) in [4.78, 5) is 25.2. The Kier molecular flexibility index (Phi) is 6.53. The van der Waals surface area contributed by atoms with E-state index in [0.29, 0.717) is 18.7 Å². The van der Waals surface area contributed by atoms with E-state index in [-0.39, 0.29) is 29.7 Å². The Morgan fingerprint density at radius 3 is 2.63 bits per heavy atom. The number of nitrogens with zero attached hydrogens (tertiary/aromatic N) is 1. The molecule has 1 heterocycles. The summed E-state index contributed by atoms with van der Waals surface area (Å²) in [6.07, 6.45) is 0.541. The number of anilines is 2. The first-order valence-corrected chi connectivity index (χ1v) is 10.3. The summed E-state index contributed by atoms with van der Waals surface area (Å²) in [5, 5.41) is 11.9.